The molecule has 0 amide bonds. The third-order valence-electron chi connectivity index (χ3n) is 1.83. The number of hydrogen-bond donors (Lipinski definition) is 0. The molecule has 16 heavy (non-hydrogen) atoms. The van der Waals surface area contributed by atoms with Crippen molar-refractivity contribution in [1.29, 1.82) is 0 Å². The van der Waals surface area contributed by atoms with E-state index in [-0.39, 0.29) is 12.8 Å². The summed E-state index contributed by atoms with van der Waals surface area (Å²) in [7, 11) is 1.56. The summed E-state index contributed by atoms with van der Waals surface area (Å²) in [6.07, 6.45) is 1.58. The normalized spacial score (nSPS) is 10.1. The maximum atomic E-state index is 11.1. The predicted octanol–water partition coefficient (Wildman–Crippen LogP) is 1.30. The van der Waals surface area contributed by atoms with Gasteiger partial charge >= 0.3 is 11.9 Å². The van der Waals surface area contributed by atoms with Gasteiger partial charge in [-0.05, 0) is 19.8 Å². The molecule has 0 aromatic heterocycles. The maximum Gasteiger partial charge on any atom is 0.313 e. The van der Waals surface area contributed by atoms with Crippen LogP contribution in [-0.2, 0) is 23.8 Å². The minimum Gasteiger partial charge on any atom is -0.393 e. The molecule has 5 nitrogen and oxygen atoms in total. The summed E-state index contributed by atoms with van der Waals surface area (Å²) < 4.78 is 14.4. The Balaban J connectivity index is 3.43. The van der Waals surface area contributed by atoms with Gasteiger partial charge in [-0.1, -0.05) is 0 Å². The molecule has 0 atom stereocenters. The minimum absolute atomic E-state index is 0.213. The molecule has 0 bridgehead atoms. The van der Waals surface area contributed by atoms with Crippen molar-refractivity contribution in [1.82, 2.24) is 0 Å². The molecule has 0 aliphatic rings. The first-order valence-electron chi connectivity index (χ1n) is 5.50. The summed E-state index contributed by atoms with van der Waals surface area (Å²) in [5.74, 6) is -0.972. The van der Waals surface area contributed by atoms with Gasteiger partial charge < -0.3 is 14.2 Å². The number of methoxy groups -OCH3 is 1. The fourth-order valence-corrected chi connectivity index (χ4v) is 1.05. The second-order valence-corrected chi connectivity index (χ2v) is 3.24. The summed E-state index contributed by atoms with van der Waals surface area (Å²) in [4.78, 5) is 22.2. The Kier molecular flexibility index (Phi) is 9.95. The van der Waals surface area contributed by atoms with Crippen LogP contribution in [0.25, 0.3) is 0 Å². The molecule has 0 saturated heterocycles. The number of rotatable bonds is 9. The average Bonchev–Trinajstić information content (AvgIpc) is 2.25. The van der Waals surface area contributed by atoms with Crippen molar-refractivity contribution in [3.63, 3.8) is 0 Å². The summed E-state index contributed by atoms with van der Waals surface area (Å²) in [6, 6.07) is 0. The number of hydrogen-bond acceptors (Lipinski definition) is 5. The van der Waals surface area contributed by atoms with Crippen molar-refractivity contribution in [2.45, 2.75) is 32.6 Å². The monoisotopic (exact) mass is 232 g/mol. The van der Waals surface area contributed by atoms with Crippen molar-refractivity contribution < 1.29 is 23.8 Å². The molecular weight excluding hydrogens is 212 g/mol. The first-order chi connectivity index (χ1) is 7.70. The van der Waals surface area contributed by atoms with Gasteiger partial charge in [0.15, 0.2) is 0 Å². The molecule has 0 aromatic rings. The molecule has 94 valence electrons. The fourth-order valence-electron chi connectivity index (χ4n) is 1.05. The molecule has 0 spiro atoms. The Morgan fingerprint density at radius 3 is 2.06 bits per heavy atom. The molecule has 0 fully saturated rings. The zero-order valence-corrected chi connectivity index (χ0v) is 9.99. The van der Waals surface area contributed by atoms with E-state index in [1.54, 1.807) is 7.11 Å². The fraction of sp³-hybridized carbons (Fsp3) is 0.818. The van der Waals surface area contributed by atoms with E-state index < -0.39 is 11.9 Å². The maximum absolute atomic E-state index is 11.1. The molecular formula is C11H20O5. The Bertz CT molecular complexity index is 203. The molecule has 0 unspecified atom stereocenters. The lowest BCUT2D eigenvalue weighted by atomic mass is 10.3. The Labute approximate surface area is 96.1 Å². The summed E-state index contributed by atoms with van der Waals surface area (Å²) in [6.45, 7) is 3.53. The zero-order valence-electron chi connectivity index (χ0n) is 9.99. The Hall–Kier alpha value is -0.940. The van der Waals surface area contributed by atoms with Crippen LogP contribution in [0.2, 0.25) is 0 Å². The Morgan fingerprint density at radius 2 is 1.56 bits per heavy atom. The summed E-state index contributed by atoms with van der Waals surface area (Å²) >= 11 is 0. The number of ether oxygens (including phenoxy) is 3. The molecule has 0 rings (SSSR count). The van der Waals surface area contributed by atoms with Crippen molar-refractivity contribution in [3.05, 3.63) is 0 Å². The van der Waals surface area contributed by atoms with Crippen LogP contribution in [0.1, 0.15) is 32.6 Å². The number of carbonyl (C=O) groups excluding carboxylic acids is 2. The molecule has 0 aliphatic carbocycles. The zero-order chi connectivity index (χ0) is 12.2. The molecule has 0 N–H and O–H groups in total. The van der Waals surface area contributed by atoms with E-state index >= 15 is 0 Å². The van der Waals surface area contributed by atoms with Crippen LogP contribution < -0.4 is 0 Å². The lowest BCUT2D eigenvalue weighted by Crippen LogP contribution is -2.13. The highest BCUT2D eigenvalue weighted by molar-refractivity contribution is 5.85. The van der Waals surface area contributed by atoms with Gasteiger partial charge in [0.2, 0.25) is 0 Å². The standard InChI is InChI=1S/C11H20O5/c1-3-15-9-5-7-11(13)16-10(12)6-4-8-14-2/h3-9H2,1-2H3. The van der Waals surface area contributed by atoms with Crippen molar-refractivity contribution >= 4 is 11.9 Å². The second kappa shape index (κ2) is 10.6. The quantitative estimate of drug-likeness (QED) is 0.340. The molecule has 0 aliphatic heterocycles. The van der Waals surface area contributed by atoms with E-state index in [2.05, 4.69) is 4.74 Å². The largest absolute Gasteiger partial charge is 0.393 e. The third-order valence-corrected chi connectivity index (χ3v) is 1.83. The second-order valence-electron chi connectivity index (χ2n) is 3.24. The van der Waals surface area contributed by atoms with E-state index in [1.165, 1.54) is 0 Å². The van der Waals surface area contributed by atoms with Crippen LogP contribution in [-0.4, -0.2) is 38.9 Å². The highest BCUT2D eigenvalue weighted by Crippen LogP contribution is 1.98. The molecule has 0 saturated carbocycles. The van der Waals surface area contributed by atoms with E-state index in [0.29, 0.717) is 32.7 Å². The van der Waals surface area contributed by atoms with Crippen LogP contribution >= 0.6 is 0 Å². The van der Waals surface area contributed by atoms with Crippen LogP contribution in [0, 0.1) is 0 Å². The molecule has 5 heteroatoms. The van der Waals surface area contributed by atoms with Gasteiger partial charge in [-0.2, -0.15) is 0 Å². The van der Waals surface area contributed by atoms with Crippen LogP contribution in [0.3, 0.4) is 0 Å². The summed E-state index contributed by atoms with van der Waals surface area (Å²) in [5, 5.41) is 0. The minimum atomic E-state index is -0.488. The molecule has 0 radical (unpaired) electrons. The smallest absolute Gasteiger partial charge is 0.313 e. The van der Waals surface area contributed by atoms with Gasteiger partial charge in [0.1, 0.15) is 0 Å². The van der Waals surface area contributed by atoms with Gasteiger partial charge in [-0.15, -0.1) is 0 Å². The first kappa shape index (κ1) is 15.1. The van der Waals surface area contributed by atoms with Gasteiger partial charge in [0.05, 0.1) is 0 Å². The van der Waals surface area contributed by atoms with Crippen molar-refractivity contribution in [2.24, 2.45) is 0 Å². The lowest BCUT2D eigenvalue weighted by Gasteiger charge is -2.03. The highest BCUT2D eigenvalue weighted by atomic mass is 16.6. The summed E-state index contributed by atoms with van der Waals surface area (Å²) in [5.41, 5.74) is 0. The van der Waals surface area contributed by atoms with Gasteiger partial charge in [-0.25, -0.2) is 0 Å². The number of esters is 2. The van der Waals surface area contributed by atoms with E-state index in [9.17, 15) is 9.59 Å². The van der Waals surface area contributed by atoms with Crippen molar-refractivity contribution in [2.75, 3.05) is 26.9 Å². The van der Waals surface area contributed by atoms with Crippen LogP contribution in [0.5, 0.6) is 0 Å². The first-order valence-corrected chi connectivity index (χ1v) is 5.50. The highest BCUT2D eigenvalue weighted by Gasteiger charge is 2.09. The molecule has 0 aromatic carbocycles. The van der Waals surface area contributed by atoms with E-state index in [1.807, 2.05) is 6.92 Å². The van der Waals surface area contributed by atoms with Crippen LogP contribution in [0.4, 0.5) is 0 Å². The Morgan fingerprint density at radius 1 is 1.00 bits per heavy atom. The van der Waals surface area contributed by atoms with E-state index in [4.69, 9.17) is 9.47 Å². The van der Waals surface area contributed by atoms with Gasteiger partial charge in [0, 0.05) is 39.8 Å². The van der Waals surface area contributed by atoms with E-state index in [0.717, 1.165) is 0 Å². The van der Waals surface area contributed by atoms with Gasteiger partial charge in [0.25, 0.3) is 0 Å². The molecule has 0 heterocycles. The van der Waals surface area contributed by atoms with Crippen LogP contribution in [0.15, 0.2) is 0 Å². The third kappa shape index (κ3) is 9.61. The van der Waals surface area contributed by atoms with Gasteiger partial charge in [-0.3, -0.25) is 9.59 Å². The average molecular weight is 232 g/mol. The predicted molar refractivity (Wildman–Crippen MR) is 57.9 cm³/mol. The van der Waals surface area contributed by atoms with Crippen molar-refractivity contribution in [3.8, 4) is 0 Å². The number of carbonyl (C=O) groups is 2. The lowest BCUT2D eigenvalue weighted by molar-refractivity contribution is -0.160. The SMILES string of the molecule is CCOCCCC(=O)OC(=O)CCCOC. The topological polar surface area (TPSA) is 61.8 Å².